The van der Waals surface area contributed by atoms with Gasteiger partial charge in [0.2, 0.25) is 0 Å². The Labute approximate surface area is 84.6 Å². The summed E-state index contributed by atoms with van der Waals surface area (Å²) in [5.41, 5.74) is 1.79. The molecule has 4 heteroatoms. The lowest BCUT2D eigenvalue weighted by Gasteiger charge is -1.94. The zero-order valence-electron chi connectivity index (χ0n) is 7.11. The fraction of sp³-hybridized carbons (Fsp3) is 0.111. The van der Waals surface area contributed by atoms with Gasteiger partial charge in [-0.15, -0.1) is 0 Å². The minimum atomic E-state index is 0.892. The molecule has 66 valence electrons. The molecule has 0 aromatic carbocycles. The lowest BCUT2D eigenvalue weighted by atomic mass is 10.3. The topological polar surface area (TPSA) is 30.7 Å². The quantitative estimate of drug-likeness (QED) is 0.762. The Hall–Kier alpha value is -1.16. The number of aryl methyl sites for hydroxylation is 1. The molecule has 0 saturated carbocycles. The summed E-state index contributed by atoms with van der Waals surface area (Å²) >= 11 is 3.34. The summed E-state index contributed by atoms with van der Waals surface area (Å²) in [6, 6.07) is 3.89. The second-order valence-corrected chi connectivity index (χ2v) is 3.70. The molecular weight excluding hydrogens is 230 g/mol. The molecule has 0 aliphatic carbocycles. The van der Waals surface area contributed by atoms with E-state index in [1.165, 1.54) is 0 Å². The van der Waals surface area contributed by atoms with E-state index < -0.39 is 0 Å². The second-order valence-electron chi connectivity index (χ2n) is 2.79. The molecule has 2 rings (SSSR count). The predicted octanol–water partition coefficient (Wildman–Crippen LogP) is 2.24. The van der Waals surface area contributed by atoms with E-state index in [4.69, 9.17) is 0 Å². The van der Waals surface area contributed by atoms with Gasteiger partial charge in [-0.25, -0.2) is 4.98 Å². The predicted molar refractivity (Wildman–Crippen MR) is 54.1 cm³/mol. The van der Waals surface area contributed by atoms with Gasteiger partial charge in [0.05, 0.1) is 12.0 Å². The highest BCUT2D eigenvalue weighted by Crippen LogP contribution is 2.15. The maximum absolute atomic E-state index is 4.24. The van der Waals surface area contributed by atoms with E-state index in [2.05, 4.69) is 25.9 Å². The van der Waals surface area contributed by atoms with Gasteiger partial charge in [0, 0.05) is 23.9 Å². The summed E-state index contributed by atoms with van der Waals surface area (Å²) in [5, 5.41) is 0. The molecule has 13 heavy (non-hydrogen) atoms. The van der Waals surface area contributed by atoms with Gasteiger partial charge in [0.1, 0.15) is 5.69 Å². The van der Waals surface area contributed by atoms with E-state index in [-0.39, 0.29) is 0 Å². The summed E-state index contributed by atoms with van der Waals surface area (Å²) in [6.07, 6.45) is 5.47. The van der Waals surface area contributed by atoms with Crippen molar-refractivity contribution in [2.75, 3.05) is 0 Å². The largest absolute Gasteiger partial charge is 0.340 e. The maximum atomic E-state index is 4.24. The summed E-state index contributed by atoms with van der Waals surface area (Å²) in [6.45, 7) is 0. The first-order chi connectivity index (χ1) is 6.25. The third-order valence-corrected chi connectivity index (χ3v) is 2.16. The van der Waals surface area contributed by atoms with Gasteiger partial charge in [-0.05, 0) is 28.1 Å². The van der Waals surface area contributed by atoms with Crippen molar-refractivity contribution < 1.29 is 0 Å². The average Bonchev–Trinajstić information content (AvgIpc) is 2.53. The summed E-state index contributed by atoms with van der Waals surface area (Å²) < 4.78 is 2.88. The van der Waals surface area contributed by atoms with Crippen LogP contribution in [0.15, 0.2) is 35.3 Å². The molecule has 0 bridgehead atoms. The molecular formula is C9H8BrN3. The monoisotopic (exact) mass is 237 g/mol. The Morgan fingerprint density at radius 3 is 2.62 bits per heavy atom. The molecule has 0 radical (unpaired) electrons. The molecule has 0 saturated heterocycles. The SMILES string of the molecule is Cn1cnc(-c2ccc(Br)cn2)c1. The summed E-state index contributed by atoms with van der Waals surface area (Å²) in [4.78, 5) is 8.44. The minimum Gasteiger partial charge on any atom is -0.340 e. The van der Waals surface area contributed by atoms with Crippen molar-refractivity contribution in [3.05, 3.63) is 35.3 Å². The number of halogens is 1. The first-order valence-electron chi connectivity index (χ1n) is 3.85. The number of imidazole rings is 1. The number of hydrogen-bond donors (Lipinski definition) is 0. The van der Waals surface area contributed by atoms with Gasteiger partial charge < -0.3 is 4.57 Å². The van der Waals surface area contributed by atoms with Crippen molar-refractivity contribution in [1.82, 2.24) is 14.5 Å². The highest BCUT2D eigenvalue weighted by molar-refractivity contribution is 9.10. The van der Waals surface area contributed by atoms with Crippen molar-refractivity contribution in [3.63, 3.8) is 0 Å². The molecule has 2 aromatic rings. The molecule has 0 unspecified atom stereocenters. The van der Waals surface area contributed by atoms with Crippen LogP contribution in [0.1, 0.15) is 0 Å². The van der Waals surface area contributed by atoms with Crippen LogP contribution in [-0.2, 0) is 7.05 Å². The van der Waals surface area contributed by atoms with Crippen LogP contribution in [0.3, 0.4) is 0 Å². The van der Waals surface area contributed by atoms with Crippen LogP contribution in [0.4, 0.5) is 0 Å². The fourth-order valence-corrected chi connectivity index (χ4v) is 1.31. The molecule has 0 aliphatic heterocycles. The van der Waals surface area contributed by atoms with E-state index >= 15 is 0 Å². The number of rotatable bonds is 1. The highest BCUT2D eigenvalue weighted by atomic mass is 79.9. The van der Waals surface area contributed by atoms with E-state index in [0.717, 1.165) is 15.9 Å². The van der Waals surface area contributed by atoms with Crippen LogP contribution in [0.25, 0.3) is 11.4 Å². The molecule has 0 spiro atoms. The van der Waals surface area contributed by atoms with Crippen LogP contribution >= 0.6 is 15.9 Å². The third-order valence-electron chi connectivity index (χ3n) is 1.69. The summed E-state index contributed by atoms with van der Waals surface area (Å²) in [5.74, 6) is 0. The maximum Gasteiger partial charge on any atom is 0.107 e. The number of pyridine rings is 1. The highest BCUT2D eigenvalue weighted by Gasteiger charge is 2.00. The molecule has 2 heterocycles. The molecule has 3 nitrogen and oxygen atoms in total. The fourth-order valence-electron chi connectivity index (χ4n) is 1.07. The van der Waals surface area contributed by atoms with Crippen molar-refractivity contribution >= 4 is 15.9 Å². The molecule has 0 N–H and O–H groups in total. The number of aromatic nitrogens is 3. The average molecular weight is 238 g/mol. The van der Waals surface area contributed by atoms with E-state index in [9.17, 15) is 0 Å². The van der Waals surface area contributed by atoms with Gasteiger partial charge in [-0.2, -0.15) is 0 Å². The smallest absolute Gasteiger partial charge is 0.107 e. The van der Waals surface area contributed by atoms with Crippen molar-refractivity contribution in [1.29, 1.82) is 0 Å². The lowest BCUT2D eigenvalue weighted by Crippen LogP contribution is -1.82. The van der Waals surface area contributed by atoms with Crippen LogP contribution in [-0.4, -0.2) is 14.5 Å². The van der Waals surface area contributed by atoms with Crippen molar-refractivity contribution in [2.24, 2.45) is 7.05 Å². The Kier molecular flexibility index (Phi) is 2.14. The van der Waals surface area contributed by atoms with Gasteiger partial charge in [0.25, 0.3) is 0 Å². The minimum absolute atomic E-state index is 0.892. The van der Waals surface area contributed by atoms with Crippen LogP contribution in [0.5, 0.6) is 0 Å². The number of nitrogens with zero attached hydrogens (tertiary/aromatic N) is 3. The molecule has 0 fully saturated rings. The van der Waals surface area contributed by atoms with Crippen molar-refractivity contribution in [3.8, 4) is 11.4 Å². The Morgan fingerprint density at radius 2 is 2.08 bits per heavy atom. The Balaban J connectivity index is 2.41. The Bertz CT molecular complexity index is 405. The normalized spacial score (nSPS) is 10.3. The first-order valence-corrected chi connectivity index (χ1v) is 4.65. The van der Waals surface area contributed by atoms with Crippen LogP contribution in [0.2, 0.25) is 0 Å². The van der Waals surface area contributed by atoms with E-state index in [1.807, 2.05) is 29.9 Å². The van der Waals surface area contributed by atoms with Crippen LogP contribution in [0, 0.1) is 0 Å². The standard InChI is InChI=1S/C9H8BrN3/c1-13-5-9(12-6-13)8-3-2-7(10)4-11-8/h2-6H,1H3. The van der Waals surface area contributed by atoms with Crippen LogP contribution < -0.4 is 0 Å². The summed E-state index contributed by atoms with van der Waals surface area (Å²) in [7, 11) is 1.94. The Morgan fingerprint density at radius 1 is 1.23 bits per heavy atom. The third kappa shape index (κ3) is 1.78. The van der Waals surface area contributed by atoms with Gasteiger partial charge in [-0.1, -0.05) is 0 Å². The molecule has 2 aromatic heterocycles. The first kappa shape index (κ1) is 8.44. The molecule has 0 aliphatic rings. The van der Waals surface area contributed by atoms with Gasteiger partial charge in [-0.3, -0.25) is 4.98 Å². The van der Waals surface area contributed by atoms with Crippen molar-refractivity contribution in [2.45, 2.75) is 0 Å². The zero-order valence-corrected chi connectivity index (χ0v) is 8.69. The molecule has 0 amide bonds. The van der Waals surface area contributed by atoms with Gasteiger partial charge in [0.15, 0.2) is 0 Å². The van der Waals surface area contributed by atoms with E-state index in [1.54, 1.807) is 12.5 Å². The number of hydrogen-bond acceptors (Lipinski definition) is 2. The second kappa shape index (κ2) is 3.30. The molecule has 0 atom stereocenters. The van der Waals surface area contributed by atoms with E-state index in [0.29, 0.717) is 0 Å². The zero-order chi connectivity index (χ0) is 9.26. The lowest BCUT2D eigenvalue weighted by molar-refractivity contribution is 0.913. The van der Waals surface area contributed by atoms with Gasteiger partial charge >= 0.3 is 0 Å².